The SMILES string of the molecule is CC/C=C\C/C=C\C/C=C\C/C=C\C/C=C\C/C=C\CCC(=O)O[C@H](COC(=O)CCC[C@H](O)\C=C/C=C/C=C/[C@H](O)C/C=C\CCCCC)COP(=O)(O)OCCN. The molecule has 0 aliphatic carbocycles. The highest BCUT2D eigenvalue weighted by Crippen LogP contribution is 2.43. The van der Waals surface area contributed by atoms with Gasteiger partial charge in [-0.25, -0.2) is 4.57 Å². The summed E-state index contributed by atoms with van der Waals surface area (Å²) in [5.74, 6) is -1.18. The minimum absolute atomic E-state index is 0.000347. The maximum Gasteiger partial charge on any atom is 0.472 e. The number of hydrogen-bond acceptors (Lipinski definition) is 10. The monoisotopic (exact) mass is 844 g/mol. The van der Waals surface area contributed by atoms with Gasteiger partial charge in [0.2, 0.25) is 0 Å². The first-order chi connectivity index (χ1) is 28.6. The van der Waals surface area contributed by atoms with E-state index in [1.54, 1.807) is 36.5 Å². The average Bonchev–Trinajstić information content (AvgIpc) is 3.21. The molecule has 5 N–H and O–H groups in total. The van der Waals surface area contributed by atoms with E-state index in [0.29, 0.717) is 25.7 Å². The van der Waals surface area contributed by atoms with Gasteiger partial charge in [0.05, 0.1) is 25.4 Å². The van der Waals surface area contributed by atoms with Crippen molar-refractivity contribution in [3.63, 3.8) is 0 Å². The quantitative estimate of drug-likeness (QED) is 0.0154. The van der Waals surface area contributed by atoms with Gasteiger partial charge in [0, 0.05) is 19.4 Å². The lowest BCUT2D eigenvalue weighted by Crippen LogP contribution is -2.29. The smallest absolute Gasteiger partial charge is 0.462 e. The Bertz CT molecular complexity index is 1410. The first kappa shape index (κ1) is 55.3. The van der Waals surface area contributed by atoms with Gasteiger partial charge < -0.3 is 30.3 Å². The van der Waals surface area contributed by atoms with Crippen LogP contribution in [0.3, 0.4) is 0 Å². The van der Waals surface area contributed by atoms with Crippen LogP contribution in [0.5, 0.6) is 0 Å². The maximum absolute atomic E-state index is 12.6. The summed E-state index contributed by atoms with van der Waals surface area (Å²) in [7, 11) is -4.47. The Labute approximate surface area is 355 Å². The van der Waals surface area contributed by atoms with E-state index in [9.17, 15) is 29.3 Å². The molecule has 0 amide bonds. The predicted octanol–water partition coefficient (Wildman–Crippen LogP) is 10.1. The summed E-state index contributed by atoms with van der Waals surface area (Å²) in [6, 6.07) is 0. The van der Waals surface area contributed by atoms with Crippen LogP contribution in [-0.4, -0.2) is 71.7 Å². The third-order valence-corrected chi connectivity index (χ3v) is 9.02. The zero-order valence-corrected chi connectivity index (χ0v) is 36.5. The fourth-order valence-electron chi connectivity index (χ4n) is 4.85. The molecule has 11 nitrogen and oxygen atoms in total. The predicted molar refractivity (Wildman–Crippen MR) is 240 cm³/mol. The molecule has 332 valence electrons. The molecule has 0 fully saturated rings. The van der Waals surface area contributed by atoms with Crippen LogP contribution in [0.15, 0.2) is 122 Å². The first-order valence-corrected chi connectivity index (χ1v) is 22.7. The second kappa shape index (κ2) is 41.1. The summed E-state index contributed by atoms with van der Waals surface area (Å²) in [6.07, 6.45) is 48.8. The standard InChI is InChI=1S/C47H74NO10P/c1-3-5-7-9-11-12-13-14-15-16-17-18-19-20-21-22-23-25-31-37-47(52)58-45(42-57-59(53,54)56-40-39-48)41-55-46(51)38-32-36-44(50)35-30-27-26-29-34-43(49)33-28-24-10-8-6-4-2/h5,7,11-12,14-15,17-18,20-21,23-30,34-35,43-45,49-50H,3-4,6,8-10,13,16,19,22,31-33,36-42,48H2,1-2H3,(H,53,54)/b7-5-,12-11-,15-14-,18-17-,21-20-,25-23-,27-26+,28-24-,34-29+,35-30-/t43-,44-,45-/m1/s1. The van der Waals surface area contributed by atoms with Gasteiger partial charge in [0.1, 0.15) is 6.61 Å². The van der Waals surface area contributed by atoms with Crippen LogP contribution >= 0.6 is 7.82 Å². The molecule has 0 bridgehead atoms. The summed E-state index contributed by atoms with van der Waals surface area (Å²) in [4.78, 5) is 34.8. The zero-order chi connectivity index (χ0) is 43.5. The fraction of sp³-hybridized carbons (Fsp3) is 0.532. The van der Waals surface area contributed by atoms with Gasteiger partial charge >= 0.3 is 19.8 Å². The number of rotatable bonds is 37. The molecule has 0 radical (unpaired) electrons. The van der Waals surface area contributed by atoms with Crippen LogP contribution in [0.25, 0.3) is 0 Å². The van der Waals surface area contributed by atoms with Gasteiger partial charge in [0.25, 0.3) is 0 Å². The van der Waals surface area contributed by atoms with Gasteiger partial charge in [0.15, 0.2) is 6.10 Å². The largest absolute Gasteiger partial charge is 0.472 e. The Hall–Kier alpha value is -3.67. The Morgan fingerprint density at radius 2 is 1.19 bits per heavy atom. The maximum atomic E-state index is 12.6. The van der Waals surface area contributed by atoms with Gasteiger partial charge in [-0.05, 0) is 77.0 Å². The summed E-state index contributed by atoms with van der Waals surface area (Å²) in [5, 5.41) is 20.3. The zero-order valence-electron chi connectivity index (χ0n) is 35.6. The van der Waals surface area contributed by atoms with E-state index < -0.39 is 51.3 Å². The number of ether oxygens (including phenoxy) is 2. The fourth-order valence-corrected chi connectivity index (χ4v) is 5.62. The molecule has 0 aromatic heterocycles. The van der Waals surface area contributed by atoms with Gasteiger partial charge in [-0.2, -0.15) is 0 Å². The summed E-state index contributed by atoms with van der Waals surface area (Å²) in [6.45, 7) is 3.14. The molecule has 0 saturated heterocycles. The molecule has 1 unspecified atom stereocenters. The number of nitrogens with two attached hydrogens (primary N) is 1. The molecular formula is C47H74NO10P. The van der Waals surface area contributed by atoms with Crippen molar-refractivity contribution in [2.75, 3.05) is 26.4 Å². The molecule has 0 aromatic rings. The molecular weight excluding hydrogens is 769 g/mol. The van der Waals surface area contributed by atoms with E-state index in [-0.39, 0.29) is 26.0 Å². The Kier molecular flexibility index (Phi) is 38.5. The van der Waals surface area contributed by atoms with E-state index >= 15 is 0 Å². The lowest BCUT2D eigenvalue weighted by Gasteiger charge is -2.19. The van der Waals surface area contributed by atoms with Gasteiger partial charge in [-0.15, -0.1) is 0 Å². The van der Waals surface area contributed by atoms with E-state index in [0.717, 1.165) is 51.4 Å². The molecule has 0 spiro atoms. The number of phosphoric acid groups is 1. The van der Waals surface area contributed by atoms with Crippen molar-refractivity contribution in [2.24, 2.45) is 5.73 Å². The van der Waals surface area contributed by atoms with Crippen molar-refractivity contribution in [3.05, 3.63) is 122 Å². The molecule has 0 saturated carbocycles. The minimum Gasteiger partial charge on any atom is -0.462 e. The normalized spacial score (nSPS) is 15.6. The van der Waals surface area contributed by atoms with Crippen LogP contribution in [0.4, 0.5) is 0 Å². The van der Waals surface area contributed by atoms with Crippen molar-refractivity contribution in [1.82, 2.24) is 0 Å². The van der Waals surface area contributed by atoms with Crippen LogP contribution < -0.4 is 5.73 Å². The number of hydrogen-bond donors (Lipinski definition) is 4. The number of aliphatic hydroxyl groups excluding tert-OH is 2. The number of allylic oxidation sites excluding steroid dienone is 17. The number of phosphoric ester groups is 1. The van der Waals surface area contributed by atoms with Crippen LogP contribution in [0, 0.1) is 0 Å². The molecule has 0 aliphatic rings. The van der Waals surface area contributed by atoms with Crippen molar-refractivity contribution < 1.29 is 47.8 Å². The number of esters is 2. The molecule has 0 aliphatic heterocycles. The molecule has 12 heteroatoms. The molecule has 0 rings (SSSR count). The molecule has 4 atom stereocenters. The Morgan fingerprint density at radius 1 is 0.627 bits per heavy atom. The lowest BCUT2D eigenvalue weighted by molar-refractivity contribution is -0.161. The number of carbonyl (C=O) groups is 2. The van der Waals surface area contributed by atoms with Crippen molar-refractivity contribution in [3.8, 4) is 0 Å². The third kappa shape index (κ3) is 40.9. The number of carbonyl (C=O) groups excluding carboxylic acids is 2. The number of aliphatic hydroxyl groups is 2. The Morgan fingerprint density at radius 3 is 1.76 bits per heavy atom. The highest BCUT2D eigenvalue weighted by Gasteiger charge is 2.26. The minimum atomic E-state index is -4.47. The van der Waals surface area contributed by atoms with Gasteiger partial charge in [-0.1, -0.05) is 148 Å². The van der Waals surface area contributed by atoms with Crippen LogP contribution in [0.1, 0.15) is 117 Å². The topological polar surface area (TPSA) is 175 Å². The van der Waals surface area contributed by atoms with Crippen LogP contribution in [-0.2, 0) is 32.7 Å². The van der Waals surface area contributed by atoms with Crippen molar-refractivity contribution in [2.45, 2.75) is 135 Å². The first-order valence-electron chi connectivity index (χ1n) is 21.2. The third-order valence-electron chi connectivity index (χ3n) is 8.04. The number of unbranched alkanes of at least 4 members (excludes halogenated alkanes) is 3. The van der Waals surface area contributed by atoms with Crippen molar-refractivity contribution in [1.29, 1.82) is 0 Å². The highest BCUT2D eigenvalue weighted by molar-refractivity contribution is 7.47. The highest BCUT2D eigenvalue weighted by atomic mass is 31.2. The van der Waals surface area contributed by atoms with E-state index in [1.165, 1.54) is 12.8 Å². The summed E-state index contributed by atoms with van der Waals surface area (Å²) < 4.78 is 32.5. The second-order valence-electron chi connectivity index (χ2n) is 13.5. The van der Waals surface area contributed by atoms with Crippen molar-refractivity contribution >= 4 is 19.8 Å². The summed E-state index contributed by atoms with van der Waals surface area (Å²) in [5.41, 5.74) is 5.32. The van der Waals surface area contributed by atoms with E-state index in [1.807, 2.05) is 24.3 Å². The molecule has 59 heavy (non-hydrogen) atoms. The second-order valence-corrected chi connectivity index (χ2v) is 15.0. The van der Waals surface area contributed by atoms with E-state index in [2.05, 4.69) is 74.6 Å². The van der Waals surface area contributed by atoms with Crippen LogP contribution in [0.2, 0.25) is 0 Å². The lowest BCUT2D eigenvalue weighted by atomic mass is 10.1. The van der Waals surface area contributed by atoms with Gasteiger partial charge in [-0.3, -0.25) is 18.6 Å². The molecule has 0 heterocycles. The average molecular weight is 844 g/mol. The van der Waals surface area contributed by atoms with E-state index in [4.69, 9.17) is 24.3 Å². The Balaban J connectivity index is 4.58. The molecule has 0 aromatic carbocycles. The summed E-state index contributed by atoms with van der Waals surface area (Å²) >= 11 is 0.